The highest BCUT2D eigenvalue weighted by molar-refractivity contribution is 6.83. The van der Waals surface area contributed by atoms with E-state index in [0.29, 0.717) is 13.2 Å². The highest BCUT2D eigenvalue weighted by atomic mass is 28.3. The monoisotopic (exact) mass is 250 g/mol. The summed E-state index contributed by atoms with van der Waals surface area (Å²) in [6, 6.07) is 0. The standard InChI is InChI=1S/C14H22O2Si/c1-6-15-14(16-7-2)12-10-8-9-11-13-17(3,4)5/h8-9,14H,6-7H2,1-5H3. The van der Waals surface area contributed by atoms with E-state index in [1.165, 1.54) is 0 Å². The van der Waals surface area contributed by atoms with E-state index in [4.69, 9.17) is 9.47 Å². The van der Waals surface area contributed by atoms with Crippen LogP contribution >= 0.6 is 0 Å². The Morgan fingerprint density at radius 2 is 1.53 bits per heavy atom. The van der Waals surface area contributed by atoms with Gasteiger partial charge in [0.1, 0.15) is 8.07 Å². The van der Waals surface area contributed by atoms with Crippen molar-refractivity contribution >= 4 is 8.07 Å². The normalized spacial score (nSPS) is 10.9. The van der Waals surface area contributed by atoms with Crippen molar-refractivity contribution < 1.29 is 9.47 Å². The third-order valence-electron chi connectivity index (χ3n) is 1.53. The van der Waals surface area contributed by atoms with Crippen molar-refractivity contribution in [1.82, 2.24) is 0 Å². The van der Waals surface area contributed by atoms with Gasteiger partial charge in [-0.05, 0) is 31.9 Å². The van der Waals surface area contributed by atoms with Crippen molar-refractivity contribution in [1.29, 1.82) is 0 Å². The predicted octanol–water partition coefficient (Wildman–Crippen LogP) is 2.83. The third kappa shape index (κ3) is 11.3. The quantitative estimate of drug-likeness (QED) is 0.434. The summed E-state index contributed by atoms with van der Waals surface area (Å²) in [7, 11) is -1.27. The zero-order valence-corrected chi connectivity index (χ0v) is 12.5. The molecule has 0 spiro atoms. The highest BCUT2D eigenvalue weighted by Crippen LogP contribution is 1.96. The molecule has 2 nitrogen and oxygen atoms in total. The Morgan fingerprint density at radius 1 is 1.00 bits per heavy atom. The van der Waals surface area contributed by atoms with Gasteiger partial charge in [-0.3, -0.25) is 0 Å². The summed E-state index contributed by atoms with van der Waals surface area (Å²) < 4.78 is 10.6. The van der Waals surface area contributed by atoms with E-state index < -0.39 is 14.4 Å². The maximum Gasteiger partial charge on any atom is 0.222 e. The Kier molecular flexibility index (Phi) is 8.54. The van der Waals surface area contributed by atoms with Crippen molar-refractivity contribution in [3.63, 3.8) is 0 Å². The summed E-state index contributed by atoms with van der Waals surface area (Å²) in [6.45, 7) is 11.7. The molecule has 0 N–H and O–H groups in total. The SMILES string of the molecule is CCOC(C#CC=CC#C[Si](C)(C)C)OCC. The molecule has 0 heterocycles. The van der Waals surface area contributed by atoms with E-state index >= 15 is 0 Å². The van der Waals surface area contributed by atoms with E-state index in [1.807, 2.05) is 13.8 Å². The molecule has 0 aromatic rings. The Labute approximate surface area is 106 Å². The van der Waals surface area contributed by atoms with Gasteiger partial charge in [-0.15, -0.1) is 5.54 Å². The summed E-state index contributed by atoms with van der Waals surface area (Å²) in [5.41, 5.74) is 3.23. The second kappa shape index (κ2) is 9.07. The van der Waals surface area contributed by atoms with Crippen LogP contribution in [0.2, 0.25) is 19.6 Å². The van der Waals surface area contributed by atoms with Gasteiger partial charge in [0.15, 0.2) is 0 Å². The van der Waals surface area contributed by atoms with E-state index in [0.717, 1.165) is 0 Å². The van der Waals surface area contributed by atoms with Gasteiger partial charge in [0.05, 0.1) is 0 Å². The van der Waals surface area contributed by atoms with Gasteiger partial charge in [-0.1, -0.05) is 31.5 Å². The molecule has 0 atom stereocenters. The van der Waals surface area contributed by atoms with Crippen LogP contribution in [-0.4, -0.2) is 27.6 Å². The molecule has 0 bridgehead atoms. The lowest BCUT2D eigenvalue weighted by molar-refractivity contribution is -0.0969. The minimum absolute atomic E-state index is 0.431. The maximum atomic E-state index is 5.28. The number of hydrogen-bond donors (Lipinski definition) is 0. The van der Waals surface area contributed by atoms with E-state index in [-0.39, 0.29) is 0 Å². The molecule has 0 radical (unpaired) electrons. The van der Waals surface area contributed by atoms with E-state index in [2.05, 4.69) is 42.9 Å². The molecule has 17 heavy (non-hydrogen) atoms. The number of rotatable bonds is 4. The molecule has 0 aromatic heterocycles. The molecule has 94 valence electrons. The van der Waals surface area contributed by atoms with Gasteiger partial charge in [0.2, 0.25) is 6.29 Å². The maximum absolute atomic E-state index is 5.28. The van der Waals surface area contributed by atoms with Gasteiger partial charge >= 0.3 is 0 Å². The first-order valence-electron chi connectivity index (χ1n) is 5.91. The van der Waals surface area contributed by atoms with Crippen molar-refractivity contribution in [2.24, 2.45) is 0 Å². The van der Waals surface area contributed by atoms with Crippen LogP contribution in [0.1, 0.15) is 13.8 Å². The summed E-state index contributed by atoms with van der Waals surface area (Å²) >= 11 is 0. The van der Waals surface area contributed by atoms with Crippen LogP contribution in [0, 0.1) is 23.3 Å². The van der Waals surface area contributed by atoms with Crippen LogP contribution in [0.4, 0.5) is 0 Å². The zero-order chi connectivity index (χ0) is 13.1. The second-order valence-electron chi connectivity index (χ2n) is 4.38. The number of allylic oxidation sites excluding steroid dienone is 2. The van der Waals surface area contributed by atoms with Crippen molar-refractivity contribution in [2.45, 2.75) is 39.8 Å². The van der Waals surface area contributed by atoms with Crippen molar-refractivity contribution in [3.05, 3.63) is 12.2 Å². The molecule has 0 aliphatic rings. The first-order chi connectivity index (χ1) is 7.99. The molecular formula is C14H22O2Si. The van der Waals surface area contributed by atoms with Crippen molar-refractivity contribution in [2.75, 3.05) is 13.2 Å². The fourth-order valence-electron chi connectivity index (χ4n) is 0.892. The van der Waals surface area contributed by atoms with E-state index in [9.17, 15) is 0 Å². The Bertz CT molecular complexity index is 338. The van der Waals surface area contributed by atoms with Gasteiger partial charge in [0.25, 0.3) is 0 Å². The molecule has 0 aromatic carbocycles. The smallest absolute Gasteiger partial charge is 0.222 e. The molecule has 0 fully saturated rings. The minimum atomic E-state index is -1.27. The second-order valence-corrected chi connectivity index (χ2v) is 9.13. The van der Waals surface area contributed by atoms with Gasteiger partial charge in [-0.25, -0.2) is 0 Å². The van der Waals surface area contributed by atoms with Crippen LogP contribution in [0.25, 0.3) is 0 Å². The number of ether oxygens (including phenoxy) is 2. The average molecular weight is 250 g/mol. The fraction of sp³-hybridized carbons (Fsp3) is 0.571. The molecule has 3 heteroatoms. The first-order valence-corrected chi connectivity index (χ1v) is 9.41. The minimum Gasteiger partial charge on any atom is -0.342 e. The highest BCUT2D eigenvalue weighted by Gasteiger charge is 2.06. The Balaban J connectivity index is 4.23. The number of hydrogen-bond acceptors (Lipinski definition) is 2. The first kappa shape index (κ1) is 16.0. The van der Waals surface area contributed by atoms with Gasteiger partial charge in [-0.2, -0.15) is 0 Å². The van der Waals surface area contributed by atoms with Crippen molar-refractivity contribution in [3.8, 4) is 23.3 Å². The lowest BCUT2D eigenvalue weighted by Gasteiger charge is -2.09. The largest absolute Gasteiger partial charge is 0.342 e. The summed E-state index contributed by atoms with van der Waals surface area (Å²) in [6.07, 6.45) is 3.08. The topological polar surface area (TPSA) is 18.5 Å². The molecular weight excluding hydrogens is 228 g/mol. The molecule has 0 amide bonds. The molecule has 0 aliphatic carbocycles. The Hall–Kier alpha value is -1.00. The van der Waals surface area contributed by atoms with Gasteiger partial charge < -0.3 is 9.47 Å². The lowest BCUT2D eigenvalue weighted by atomic mass is 10.5. The van der Waals surface area contributed by atoms with Crippen LogP contribution in [-0.2, 0) is 9.47 Å². The van der Waals surface area contributed by atoms with Crippen LogP contribution < -0.4 is 0 Å². The molecule has 0 saturated carbocycles. The van der Waals surface area contributed by atoms with Crippen LogP contribution in [0.5, 0.6) is 0 Å². The average Bonchev–Trinajstić information content (AvgIpc) is 2.22. The molecule has 0 rings (SSSR count). The zero-order valence-electron chi connectivity index (χ0n) is 11.5. The Morgan fingerprint density at radius 3 is 2.00 bits per heavy atom. The van der Waals surface area contributed by atoms with Crippen LogP contribution in [0.15, 0.2) is 12.2 Å². The molecule has 0 unspecified atom stereocenters. The van der Waals surface area contributed by atoms with Gasteiger partial charge in [0, 0.05) is 13.2 Å². The predicted molar refractivity (Wildman–Crippen MR) is 75.1 cm³/mol. The molecule has 0 saturated heterocycles. The summed E-state index contributed by atoms with van der Waals surface area (Å²) in [5, 5.41) is 0. The molecule has 0 aliphatic heterocycles. The van der Waals surface area contributed by atoms with Crippen LogP contribution in [0.3, 0.4) is 0 Å². The summed E-state index contributed by atoms with van der Waals surface area (Å²) in [4.78, 5) is 0. The summed E-state index contributed by atoms with van der Waals surface area (Å²) in [5.74, 6) is 8.77. The lowest BCUT2D eigenvalue weighted by Crippen LogP contribution is -2.16. The third-order valence-corrected chi connectivity index (χ3v) is 2.43. The fourth-order valence-corrected chi connectivity index (χ4v) is 1.41. The van der Waals surface area contributed by atoms with E-state index in [1.54, 1.807) is 12.2 Å².